The highest BCUT2D eigenvalue weighted by Crippen LogP contribution is 2.07. The van der Waals surface area contributed by atoms with Crippen molar-refractivity contribution < 1.29 is 4.79 Å². The molecule has 0 atom stereocenters. The minimum absolute atomic E-state index is 0.0558. The Kier molecular flexibility index (Phi) is 3.74. The number of rotatable bonds is 1. The van der Waals surface area contributed by atoms with Crippen LogP contribution >= 0.6 is 0 Å². The standard InChI is InChI=1S/C13H19N3O/c1-11-4-5-12(14-10-11)13(17)16-7-3-6-15(2)8-9-16/h4-5,10H,3,6-9H2,1-2H3. The number of nitrogens with zero attached hydrogens (tertiary/aromatic N) is 3. The van der Waals surface area contributed by atoms with E-state index in [0.29, 0.717) is 5.69 Å². The van der Waals surface area contributed by atoms with E-state index in [4.69, 9.17) is 0 Å². The monoisotopic (exact) mass is 233 g/mol. The van der Waals surface area contributed by atoms with E-state index in [9.17, 15) is 4.79 Å². The average Bonchev–Trinajstić information content (AvgIpc) is 2.54. The number of hydrogen-bond acceptors (Lipinski definition) is 3. The zero-order chi connectivity index (χ0) is 12.3. The molecule has 2 heterocycles. The summed E-state index contributed by atoms with van der Waals surface area (Å²) >= 11 is 0. The number of likely N-dealkylation sites (N-methyl/N-ethyl adjacent to an activating group) is 1. The van der Waals surface area contributed by atoms with Gasteiger partial charge in [-0.2, -0.15) is 0 Å². The molecule has 1 amide bonds. The number of amides is 1. The van der Waals surface area contributed by atoms with Gasteiger partial charge in [0.05, 0.1) is 0 Å². The molecule has 0 unspecified atom stereocenters. The van der Waals surface area contributed by atoms with E-state index in [2.05, 4.69) is 16.9 Å². The Hall–Kier alpha value is -1.42. The lowest BCUT2D eigenvalue weighted by atomic mass is 10.2. The van der Waals surface area contributed by atoms with E-state index >= 15 is 0 Å². The normalized spacial score (nSPS) is 17.9. The first-order chi connectivity index (χ1) is 8.16. The van der Waals surface area contributed by atoms with Gasteiger partial charge in [-0.05, 0) is 38.6 Å². The van der Waals surface area contributed by atoms with E-state index in [1.165, 1.54) is 0 Å². The molecule has 1 saturated heterocycles. The molecule has 0 saturated carbocycles. The molecule has 2 rings (SSSR count). The van der Waals surface area contributed by atoms with Crippen molar-refractivity contribution in [1.82, 2.24) is 14.8 Å². The van der Waals surface area contributed by atoms with Gasteiger partial charge in [-0.3, -0.25) is 9.78 Å². The summed E-state index contributed by atoms with van der Waals surface area (Å²) in [5, 5.41) is 0. The Balaban J connectivity index is 2.06. The van der Waals surface area contributed by atoms with Crippen LogP contribution in [0.4, 0.5) is 0 Å². The van der Waals surface area contributed by atoms with Crippen LogP contribution in [0.5, 0.6) is 0 Å². The SMILES string of the molecule is Cc1ccc(C(=O)N2CCCN(C)CC2)nc1. The molecular formula is C13H19N3O. The van der Waals surface area contributed by atoms with Gasteiger partial charge in [0, 0.05) is 25.8 Å². The highest BCUT2D eigenvalue weighted by molar-refractivity contribution is 5.92. The summed E-state index contributed by atoms with van der Waals surface area (Å²) in [6.45, 7) is 5.61. The number of carbonyl (C=O) groups excluding carboxylic acids is 1. The van der Waals surface area contributed by atoms with E-state index in [0.717, 1.165) is 38.2 Å². The Labute approximate surface area is 102 Å². The van der Waals surface area contributed by atoms with Crippen molar-refractivity contribution in [3.05, 3.63) is 29.6 Å². The lowest BCUT2D eigenvalue weighted by molar-refractivity contribution is 0.0757. The zero-order valence-corrected chi connectivity index (χ0v) is 10.5. The van der Waals surface area contributed by atoms with Crippen molar-refractivity contribution in [3.8, 4) is 0 Å². The average molecular weight is 233 g/mol. The molecule has 1 aromatic rings. The number of hydrogen-bond donors (Lipinski definition) is 0. The molecule has 4 heteroatoms. The van der Waals surface area contributed by atoms with E-state index in [-0.39, 0.29) is 5.91 Å². The van der Waals surface area contributed by atoms with Crippen LogP contribution in [0.15, 0.2) is 18.3 Å². The maximum Gasteiger partial charge on any atom is 0.272 e. The topological polar surface area (TPSA) is 36.4 Å². The maximum atomic E-state index is 12.2. The van der Waals surface area contributed by atoms with Crippen LogP contribution in [0, 0.1) is 6.92 Å². The summed E-state index contributed by atoms with van der Waals surface area (Å²) in [4.78, 5) is 20.6. The van der Waals surface area contributed by atoms with Crippen LogP contribution in [-0.4, -0.2) is 53.9 Å². The Morgan fingerprint density at radius 3 is 2.76 bits per heavy atom. The van der Waals surface area contributed by atoms with E-state index in [1.807, 2.05) is 24.0 Å². The molecule has 0 spiro atoms. The molecule has 0 radical (unpaired) electrons. The maximum absolute atomic E-state index is 12.2. The molecule has 92 valence electrons. The number of aromatic nitrogens is 1. The fraction of sp³-hybridized carbons (Fsp3) is 0.538. The second-order valence-corrected chi connectivity index (χ2v) is 4.67. The molecule has 1 aliphatic heterocycles. The van der Waals surface area contributed by atoms with Gasteiger partial charge in [-0.1, -0.05) is 6.07 Å². The third-order valence-corrected chi connectivity index (χ3v) is 3.14. The van der Waals surface area contributed by atoms with Crippen LogP contribution in [-0.2, 0) is 0 Å². The predicted octanol–water partition coefficient (Wildman–Crippen LogP) is 1.17. The minimum Gasteiger partial charge on any atom is -0.336 e. The van der Waals surface area contributed by atoms with Crippen molar-refractivity contribution in [2.75, 3.05) is 33.2 Å². The second-order valence-electron chi connectivity index (χ2n) is 4.67. The first-order valence-corrected chi connectivity index (χ1v) is 6.07. The molecule has 1 aliphatic rings. The van der Waals surface area contributed by atoms with Gasteiger partial charge in [0.15, 0.2) is 0 Å². The van der Waals surface area contributed by atoms with Crippen LogP contribution in [0.1, 0.15) is 22.5 Å². The second kappa shape index (κ2) is 5.27. The third-order valence-electron chi connectivity index (χ3n) is 3.14. The fourth-order valence-corrected chi connectivity index (χ4v) is 2.01. The first kappa shape index (κ1) is 12.0. The van der Waals surface area contributed by atoms with Crippen molar-refractivity contribution in [1.29, 1.82) is 0 Å². The smallest absolute Gasteiger partial charge is 0.272 e. The molecule has 0 bridgehead atoms. The van der Waals surface area contributed by atoms with E-state index in [1.54, 1.807) is 6.20 Å². The molecule has 17 heavy (non-hydrogen) atoms. The van der Waals surface area contributed by atoms with Crippen LogP contribution in [0.2, 0.25) is 0 Å². The van der Waals surface area contributed by atoms with Crippen LogP contribution < -0.4 is 0 Å². The number of pyridine rings is 1. The van der Waals surface area contributed by atoms with Gasteiger partial charge < -0.3 is 9.80 Å². The van der Waals surface area contributed by atoms with Crippen LogP contribution in [0.3, 0.4) is 0 Å². The van der Waals surface area contributed by atoms with E-state index < -0.39 is 0 Å². The fourth-order valence-electron chi connectivity index (χ4n) is 2.01. The van der Waals surface area contributed by atoms with Crippen molar-refractivity contribution in [2.24, 2.45) is 0 Å². The Morgan fingerprint density at radius 1 is 1.24 bits per heavy atom. The molecule has 1 aromatic heterocycles. The Bertz CT molecular complexity index is 388. The third kappa shape index (κ3) is 3.03. The van der Waals surface area contributed by atoms with Gasteiger partial charge in [0.25, 0.3) is 5.91 Å². The molecular weight excluding hydrogens is 214 g/mol. The first-order valence-electron chi connectivity index (χ1n) is 6.07. The highest BCUT2D eigenvalue weighted by atomic mass is 16.2. The summed E-state index contributed by atoms with van der Waals surface area (Å²) in [7, 11) is 2.10. The summed E-state index contributed by atoms with van der Waals surface area (Å²) in [6.07, 6.45) is 2.78. The lowest BCUT2D eigenvalue weighted by Gasteiger charge is -2.20. The molecule has 0 aromatic carbocycles. The zero-order valence-electron chi connectivity index (χ0n) is 10.5. The minimum atomic E-state index is 0.0558. The van der Waals surface area contributed by atoms with Gasteiger partial charge >= 0.3 is 0 Å². The molecule has 4 nitrogen and oxygen atoms in total. The summed E-state index contributed by atoms with van der Waals surface area (Å²) in [5.74, 6) is 0.0558. The highest BCUT2D eigenvalue weighted by Gasteiger charge is 2.19. The number of carbonyl (C=O) groups is 1. The predicted molar refractivity (Wildman–Crippen MR) is 67.0 cm³/mol. The molecule has 0 N–H and O–H groups in total. The van der Waals surface area contributed by atoms with Gasteiger partial charge in [-0.15, -0.1) is 0 Å². The largest absolute Gasteiger partial charge is 0.336 e. The molecule has 0 aliphatic carbocycles. The van der Waals surface area contributed by atoms with Gasteiger partial charge in [-0.25, -0.2) is 0 Å². The van der Waals surface area contributed by atoms with Crippen molar-refractivity contribution >= 4 is 5.91 Å². The summed E-state index contributed by atoms with van der Waals surface area (Å²) in [5.41, 5.74) is 1.64. The van der Waals surface area contributed by atoms with Crippen LogP contribution in [0.25, 0.3) is 0 Å². The van der Waals surface area contributed by atoms with Gasteiger partial charge in [0.1, 0.15) is 5.69 Å². The number of aryl methyl sites for hydroxylation is 1. The van der Waals surface area contributed by atoms with Crippen molar-refractivity contribution in [2.45, 2.75) is 13.3 Å². The van der Waals surface area contributed by atoms with Gasteiger partial charge in [0.2, 0.25) is 0 Å². The quantitative estimate of drug-likeness (QED) is 0.730. The lowest BCUT2D eigenvalue weighted by Crippen LogP contribution is -2.34. The molecule has 1 fully saturated rings. The van der Waals surface area contributed by atoms with Crippen molar-refractivity contribution in [3.63, 3.8) is 0 Å². The summed E-state index contributed by atoms with van der Waals surface area (Å²) < 4.78 is 0. The Morgan fingerprint density at radius 2 is 2.06 bits per heavy atom. The summed E-state index contributed by atoms with van der Waals surface area (Å²) in [6, 6.07) is 3.75.